The van der Waals surface area contributed by atoms with Crippen molar-refractivity contribution in [3.63, 3.8) is 0 Å². The zero-order valence-corrected chi connectivity index (χ0v) is 21.9. The maximum Gasteiger partial charge on any atom is 0.252 e. The lowest BCUT2D eigenvalue weighted by atomic mass is 9.95. The first kappa shape index (κ1) is 25.3. The quantitative estimate of drug-likeness (QED) is 0.323. The average Bonchev–Trinajstić information content (AvgIpc) is 3.39. The zero-order chi connectivity index (χ0) is 25.9. The molecule has 0 unspecified atom stereocenters. The molecule has 1 aliphatic carbocycles. The third-order valence-corrected chi connectivity index (χ3v) is 7.86. The van der Waals surface area contributed by atoms with E-state index < -0.39 is 0 Å². The molecule has 37 heavy (non-hydrogen) atoms. The molecule has 7 nitrogen and oxygen atoms in total. The van der Waals surface area contributed by atoms with Crippen LogP contribution in [-0.2, 0) is 13.1 Å². The molecule has 1 aliphatic rings. The van der Waals surface area contributed by atoms with Gasteiger partial charge in [-0.3, -0.25) is 9.69 Å². The number of aryl methyl sites for hydroxylation is 2. The number of nitrogens with zero attached hydrogens (tertiary/aromatic N) is 5. The van der Waals surface area contributed by atoms with E-state index in [1.54, 1.807) is 12.1 Å². The Labute approximate surface area is 216 Å². The number of aromatic amines is 1. The Balaban J connectivity index is 1.53. The van der Waals surface area contributed by atoms with E-state index in [-0.39, 0.29) is 17.4 Å². The van der Waals surface area contributed by atoms with Gasteiger partial charge in [-0.15, -0.1) is 5.10 Å². The molecule has 4 aromatic rings. The number of rotatable bonds is 8. The van der Waals surface area contributed by atoms with Gasteiger partial charge in [0, 0.05) is 18.7 Å². The molecule has 0 aliphatic heterocycles. The first-order valence-corrected chi connectivity index (χ1v) is 13.3. The third-order valence-electron chi connectivity index (χ3n) is 7.86. The molecule has 1 atom stereocenters. The summed E-state index contributed by atoms with van der Waals surface area (Å²) in [5.41, 5.74) is 4.68. The predicted octanol–water partition coefficient (Wildman–Crippen LogP) is 5.93. The minimum Gasteiger partial charge on any atom is -0.321 e. The molecular formula is C29H35FN6O. The van der Waals surface area contributed by atoms with Crippen molar-refractivity contribution in [2.45, 2.75) is 84.5 Å². The molecule has 0 spiro atoms. The van der Waals surface area contributed by atoms with Crippen LogP contribution in [0.15, 0.2) is 47.3 Å². The van der Waals surface area contributed by atoms with Crippen LogP contribution in [-0.4, -0.2) is 30.1 Å². The standard InChI is InChI=1S/C29H35FN6O/c1-4-26(28-32-33-34-36(28)25-8-6-5-7-9-25)35(17-21-11-14-24(30)15-12-21)18-23-16-22-13-10-19(2)20(3)27(22)31-29(23)37/h10-16,25-26H,4-9,17-18H2,1-3H3,(H,31,37)/t26-/m0/s1. The van der Waals surface area contributed by atoms with Crippen molar-refractivity contribution in [3.05, 3.63) is 86.7 Å². The molecule has 8 heteroatoms. The second-order valence-corrected chi connectivity index (χ2v) is 10.3. The van der Waals surface area contributed by atoms with E-state index in [2.05, 4.69) is 44.5 Å². The normalized spacial score (nSPS) is 15.5. The summed E-state index contributed by atoms with van der Waals surface area (Å²) in [5, 5.41) is 14.0. The molecule has 1 saturated carbocycles. The monoisotopic (exact) mass is 502 g/mol. The van der Waals surface area contributed by atoms with Crippen molar-refractivity contribution in [1.29, 1.82) is 0 Å². The zero-order valence-electron chi connectivity index (χ0n) is 21.9. The Kier molecular flexibility index (Phi) is 7.46. The summed E-state index contributed by atoms with van der Waals surface area (Å²) in [6.07, 6.45) is 6.56. The highest BCUT2D eigenvalue weighted by atomic mass is 19.1. The fraction of sp³-hybridized carbons (Fsp3) is 0.448. The molecule has 194 valence electrons. The molecule has 2 aromatic heterocycles. The van der Waals surface area contributed by atoms with Gasteiger partial charge in [-0.05, 0) is 83.8 Å². The minimum atomic E-state index is -0.264. The molecule has 0 amide bonds. The number of halogens is 1. The van der Waals surface area contributed by atoms with Crippen LogP contribution in [0.2, 0.25) is 0 Å². The molecular weight excluding hydrogens is 467 g/mol. The number of fused-ring (bicyclic) bond motifs is 1. The first-order valence-electron chi connectivity index (χ1n) is 13.3. The lowest BCUT2D eigenvalue weighted by molar-refractivity contribution is 0.155. The smallest absolute Gasteiger partial charge is 0.252 e. The number of hydrogen-bond donors (Lipinski definition) is 1. The number of benzene rings is 2. The van der Waals surface area contributed by atoms with Gasteiger partial charge in [0.1, 0.15) is 5.82 Å². The minimum absolute atomic E-state index is 0.0907. The molecule has 0 bridgehead atoms. The van der Waals surface area contributed by atoms with Gasteiger partial charge in [0.25, 0.3) is 5.56 Å². The number of nitrogens with one attached hydrogen (secondary N) is 1. The highest BCUT2D eigenvalue weighted by molar-refractivity contribution is 5.83. The largest absolute Gasteiger partial charge is 0.321 e. The van der Waals surface area contributed by atoms with Gasteiger partial charge in [-0.1, -0.05) is 50.5 Å². The van der Waals surface area contributed by atoms with Crippen LogP contribution in [0, 0.1) is 19.7 Å². The average molecular weight is 503 g/mol. The third kappa shape index (κ3) is 5.34. The van der Waals surface area contributed by atoms with Crippen molar-refractivity contribution in [2.75, 3.05) is 0 Å². The van der Waals surface area contributed by atoms with E-state index >= 15 is 0 Å². The molecule has 1 N–H and O–H groups in total. The Hall–Kier alpha value is -3.39. The fourth-order valence-corrected chi connectivity index (χ4v) is 5.62. The van der Waals surface area contributed by atoms with Gasteiger partial charge >= 0.3 is 0 Å². The van der Waals surface area contributed by atoms with Gasteiger partial charge < -0.3 is 4.98 Å². The Bertz CT molecular complexity index is 1420. The second kappa shape index (κ2) is 10.9. The van der Waals surface area contributed by atoms with Crippen molar-refractivity contribution in [2.24, 2.45) is 0 Å². The highest BCUT2D eigenvalue weighted by Crippen LogP contribution is 2.33. The molecule has 0 saturated heterocycles. The van der Waals surface area contributed by atoms with Gasteiger partial charge in [0.2, 0.25) is 0 Å². The number of aromatic nitrogens is 5. The van der Waals surface area contributed by atoms with Crippen molar-refractivity contribution >= 4 is 10.9 Å². The van der Waals surface area contributed by atoms with E-state index in [1.165, 1.54) is 31.4 Å². The Morgan fingerprint density at radius 1 is 1.08 bits per heavy atom. The van der Waals surface area contributed by atoms with Crippen LogP contribution in [0.25, 0.3) is 10.9 Å². The summed E-state index contributed by atoms with van der Waals surface area (Å²) < 4.78 is 15.7. The summed E-state index contributed by atoms with van der Waals surface area (Å²) in [5.74, 6) is 0.570. The topological polar surface area (TPSA) is 79.7 Å². The Morgan fingerprint density at radius 3 is 2.57 bits per heavy atom. The van der Waals surface area contributed by atoms with Gasteiger partial charge in [0.15, 0.2) is 5.82 Å². The van der Waals surface area contributed by atoms with E-state index in [1.807, 2.05) is 24.6 Å². The van der Waals surface area contributed by atoms with Crippen molar-refractivity contribution < 1.29 is 4.39 Å². The van der Waals surface area contributed by atoms with E-state index in [0.29, 0.717) is 24.7 Å². The summed E-state index contributed by atoms with van der Waals surface area (Å²) in [7, 11) is 0. The number of hydrogen-bond acceptors (Lipinski definition) is 5. The first-order chi connectivity index (χ1) is 17.9. The molecule has 1 fully saturated rings. The van der Waals surface area contributed by atoms with Crippen LogP contribution in [0.1, 0.15) is 85.6 Å². The van der Waals surface area contributed by atoms with E-state index in [0.717, 1.165) is 52.7 Å². The lowest BCUT2D eigenvalue weighted by Gasteiger charge is -2.32. The van der Waals surface area contributed by atoms with Gasteiger partial charge in [0.05, 0.1) is 17.6 Å². The summed E-state index contributed by atoms with van der Waals surface area (Å²) in [4.78, 5) is 18.6. The van der Waals surface area contributed by atoms with E-state index in [9.17, 15) is 9.18 Å². The summed E-state index contributed by atoms with van der Waals surface area (Å²) in [6, 6.07) is 12.9. The van der Waals surface area contributed by atoms with Crippen LogP contribution in [0.5, 0.6) is 0 Å². The number of H-pyrrole nitrogens is 1. The SMILES string of the molecule is CC[C@@H](c1nnnn1C1CCCCC1)N(Cc1ccc(F)cc1)Cc1cc2ccc(C)c(C)c2[nH]c1=O. The molecule has 5 rings (SSSR count). The summed E-state index contributed by atoms with van der Waals surface area (Å²) in [6.45, 7) is 7.17. The lowest BCUT2D eigenvalue weighted by Crippen LogP contribution is -2.33. The van der Waals surface area contributed by atoms with Crippen LogP contribution in [0.3, 0.4) is 0 Å². The molecule has 2 heterocycles. The second-order valence-electron chi connectivity index (χ2n) is 10.3. The maximum atomic E-state index is 13.7. The molecule has 2 aromatic carbocycles. The predicted molar refractivity (Wildman–Crippen MR) is 143 cm³/mol. The number of tetrazole rings is 1. The summed E-state index contributed by atoms with van der Waals surface area (Å²) >= 11 is 0. The van der Waals surface area contributed by atoms with Crippen molar-refractivity contribution in [3.8, 4) is 0 Å². The van der Waals surface area contributed by atoms with Crippen LogP contribution < -0.4 is 5.56 Å². The fourth-order valence-electron chi connectivity index (χ4n) is 5.62. The van der Waals surface area contributed by atoms with Crippen molar-refractivity contribution in [1.82, 2.24) is 30.1 Å². The van der Waals surface area contributed by atoms with Crippen LogP contribution in [0.4, 0.5) is 4.39 Å². The number of pyridine rings is 1. The van der Waals surface area contributed by atoms with Gasteiger partial charge in [-0.25, -0.2) is 9.07 Å². The maximum absolute atomic E-state index is 13.7. The van der Waals surface area contributed by atoms with E-state index in [4.69, 9.17) is 0 Å². The van der Waals surface area contributed by atoms with Gasteiger partial charge in [-0.2, -0.15) is 0 Å². The Morgan fingerprint density at radius 2 is 1.84 bits per heavy atom. The molecule has 0 radical (unpaired) electrons. The highest BCUT2D eigenvalue weighted by Gasteiger charge is 2.29. The van der Waals surface area contributed by atoms with Crippen LogP contribution >= 0.6 is 0 Å².